The fourth-order valence-electron chi connectivity index (χ4n) is 2.97. The molecule has 1 aromatic heterocycles. The number of carbonyl (C=O) groups excluding carboxylic acids is 1. The van der Waals surface area contributed by atoms with E-state index in [-0.39, 0.29) is 11.8 Å². The Morgan fingerprint density at radius 3 is 2.85 bits per heavy atom. The van der Waals surface area contributed by atoms with Gasteiger partial charge in [-0.3, -0.25) is 4.79 Å². The van der Waals surface area contributed by atoms with Crippen molar-refractivity contribution >= 4 is 22.4 Å². The van der Waals surface area contributed by atoms with Crippen LogP contribution >= 0.6 is 0 Å². The molecule has 4 rings (SSSR count). The van der Waals surface area contributed by atoms with Crippen LogP contribution in [0.3, 0.4) is 0 Å². The number of benzene rings is 2. The number of rotatable bonds is 1. The summed E-state index contributed by atoms with van der Waals surface area (Å²) < 4.78 is 5.17. The van der Waals surface area contributed by atoms with E-state index in [1.54, 1.807) is 12.5 Å². The summed E-state index contributed by atoms with van der Waals surface area (Å²) in [7, 11) is 0. The van der Waals surface area contributed by atoms with Crippen LogP contribution in [0.4, 0.5) is 5.69 Å². The third-order valence-corrected chi connectivity index (χ3v) is 3.94. The zero-order valence-electron chi connectivity index (χ0n) is 10.8. The summed E-state index contributed by atoms with van der Waals surface area (Å²) in [6, 6.07) is 14.3. The third kappa shape index (κ3) is 1.63. The molecule has 1 amide bonds. The molecule has 20 heavy (non-hydrogen) atoms. The number of anilines is 1. The second-order valence-corrected chi connectivity index (χ2v) is 5.11. The standard InChI is InChI=1S/C17H13NO2/c19-16-9-15(12-7-8-20-10-12)14-6-5-11-3-1-2-4-13(11)17(14)18-16/h1-8,10,15H,9H2,(H,18,19). The molecule has 0 radical (unpaired) electrons. The van der Waals surface area contributed by atoms with E-state index in [1.165, 1.54) is 0 Å². The van der Waals surface area contributed by atoms with Gasteiger partial charge in [0.2, 0.25) is 5.91 Å². The Labute approximate surface area is 116 Å². The minimum absolute atomic E-state index is 0.0556. The topological polar surface area (TPSA) is 42.2 Å². The first-order valence-corrected chi connectivity index (χ1v) is 6.66. The lowest BCUT2D eigenvalue weighted by Crippen LogP contribution is -2.23. The van der Waals surface area contributed by atoms with Gasteiger partial charge in [0.05, 0.1) is 18.2 Å². The number of fused-ring (bicyclic) bond motifs is 3. The number of nitrogens with one attached hydrogen (secondary N) is 1. The van der Waals surface area contributed by atoms with E-state index in [1.807, 2.05) is 24.3 Å². The van der Waals surface area contributed by atoms with E-state index >= 15 is 0 Å². The van der Waals surface area contributed by atoms with E-state index in [9.17, 15) is 4.79 Å². The van der Waals surface area contributed by atoms with Crippen LogP contribution in [0.1, 0.15) is 23.5 Å². The molecule has 0 fully saturated rings. The molecule has 2 aromatic carbocycles. The van der Waals surface area contributed by atoms with Crippen molar-refractivity contribution < 1.29 is 9.21 Å². The van der Waals surface area contributed by atoms with Crippen LogP contribution in [-0.4, -0.2) is 5.91 Å². The molecule has 1 aliphatic heterocycles. The first-order chi connectivity index (χ1) is 9.83. The normalized spacial score (nSPS) is 17.8. The molecule has 1 unspecified atom stereocenters. The van der Waals surface area contributed by atoms with Gasteiger partial charge >= 0.3 is 0 Å². The van der Waals surface area contributed by atoms with Crippen LogP contribution in [0, 0.1) is 0 Å². The van der Waals surface area contributed by atoms with Crippen LogP contribution in [0.2, 0.25) is 0 Å². The number of hydrogen-bond donors (Lipinski definition) is 1. The van der Waals surface area contributed by atoms with Crippen molar-refractivity contribution in [2.75, 3.05) is 5.32 Å². The van der Waals surface area contributed by atoms with Crippen molar-refractivity contribution in [1.29, 1.82) is 0 Å². The van der Waals surface area contributed by atoms with E-state index < -0.39 is 0 Å². The zero-order chi connectivity index (χ0) is 13.5. The maximum absolute atomic E-state index is 12.0. The summed E-state index contributed by atoms with van der Waals surface area (Å²) in [6.45, 7) is 0. The molecule has 0 bridgehead atoms. The second-order valence-electron chi connectivity index (χ2n) is 5.11. The fourth-order valence-corrected chi connectivity index (χ4v) is 2.97. The lowest BCUT2D eigenvalue weighted by atomic mass is 9.84. The van der Waals surface area contributed by atoms with Gasteiger partial charge in [-0.25, -0.2) is 0 Å². The van der Waals surface area contributed by atoms with Crippen molar-refractivity contribution in [2.24, 2.45) is 0 Å². The molecule has 0 saturated heterocycles. The molecular formula is C17H13NO2. The second kappa shape index (κ2) is 4.23. The van der Waals surface area contributed by atoms with E-state index in [2.05, 4.69) is 23.5 Å². The predicted octanol–water partition coefficient (Wildman–Crippen LogP) is 3.91. The molecule has 1 atom stereocenters. The number of furan rings is 1. The Balaban J connectivity index is 1.97. The Kier molecular flexibility index (Phi) is 2.39. The average Bonchev–Trinajstić information content (AvgIpc) is 3.00. The Hall–Kier alpha value is -2.55. The molecule has 2 heterocycles. The van der Waals surface area contributed by atoms with Crippen molar-refractivity contribution in [3.05, 3.63) is 66.1 Å². The van der Waals surface area contributed by atoms with Crippen LogP contribution < -0.4 is 5.32 Å². The molecule has 1 aliphatic rings. The zero-order valence-corrected chi connectivity index (χ0v) is 10.8. The lowest BCUT2D eigenvalue weighted by molar-refractivity contribution is -0.116. The van der Waals surface area contributed by atoms with Crippen LogP contribution in [0.25, 0.3) is 10.8 Å². The van der Waals surface area contributed by atoms with Crippen molar-refractivity contribution in [3.8, 4) is 0 Å². The van der Waals surface area contributed by atoms with Crippen LogP contribution in [0.15, 0.2) is 59.4 Å². The van der Waals surface area contributed by atoms with Gasteiger partial charge in [0.25, 0.3) is 0 Å². The molecule has 98 valence electrons. The van der Waals surface area contributed by atoms with Gasteiger partial charge in [0.15, 0.2) is 0 Å². The van der Waals surface area contributed by atoms with Crippen LogP contribution in [0.5, 0.6) is 0 Å². The maximum atomic E-state index is 12.0. The summed E-state index contributed by atoms with van der Waals surface area (Å²) in [5.41, 5.74) is 3.15. The maximum Gasteiger partial charge on any atom is 0.225 e. The molecule has 0 saturated carbocycles. The highest BCUT2D eigenvalue weighted by atomic mass is 16.3. The third-order valence-electron chi connectivity index (χ3n) is 3.94. The number of carbonyl (C=O) groups is 1. The van der Waals surface area contributed by atoms with Gasteiger partial charge < -0.3 is 9.73 Å². The van der Waals surface area contributed by atoms with Gasteiger partial charge in [-0.15, -0.1) is 0 Å². The molecule has 3 heteroatoms. The quantitative estimate of drug-likeness (QED) is 0.723. The predicted molar refractivity (Wildman–Crippen MR) is 77.7 cm³/mol. The van der Waals surface area contributed by atoms with Crippen molar-refractivity contribution in [2.45, 2.75) is 12.3 Å². The van der Waals surface area contributed by atoms with Crippen LogP contribution in [-0.2, 0) is 4.79 Å². The Morgan fingerprint density at radius 1 is 1.10 bits per heavy atom. The Bertz CT molecular complexity index is 790. The molecule has 0 aliphatic carbocycles. The highest BCUT2D eigenvalue weighted by Gasteiger charge is 2.28. The highest BCUT2D eigenvalue weighted by molar-refractivity contribution is 6.06. The van der Waals surface area contributed by atoms with E-state index in [0.717, 1.165) is 27.6 Å². The van der Waals surface area contributed by atoms with E-state index in [4.69, 9.17) is 4.42 Å². The fraction of sp³-hybridized carbons (Fsp3) is 0.118. The lowest BCUT2D eigenvalue weighted by Gasteiger charge is -2.26. The van der Waals surface area contributed by atoms with Crippen molar-refractivity contribution in [1.82, 2.24) is 0 Å². The number of hydrogen-bond acceptors (Lipinski definition) is 2. The molecule has 3 nitrogen and oxygen atoms in total. The van der Waals surface area contributed by atoms with Gasteiger partial charge in [-0.05, 0) is 22.6 Å². The summed E-state index contributed by atoms with van der Waals surface area (Å²) in [5, 5.41) is 5.25. The molecule has 1 N–H and O–H groups in total. The first-order valence-electron chi connectivity index (χ1n) is 6.66. The SMILES string of the molecule is O=C1CC(c2ccoc2)c2ccc3ccccc3c2N1. The molecule has 3 aromatic rings. The molecule has 0 spiro atoms. The van der Waals surface area contributed by atoms with Gasteiger partial charge in [0, 0.05) is 17.7 Å². The molecular weight excluding hydrogens is 250 g/mol. The summed E-state index contributed by atoms with van der Waals surface area (Å²) in [6.07, 6.45) is 3.84. The minimum atomic E-state index is 0.0556. The number of amides is 1. The van der Waals surface area contributed by atoms with E-state index in [0.29, 0.717) is 6.42 Å². The largest absolute Gasteiger partial charge is 0.472 e. The van der Waals surface area contributed by atoms with Gasteiger partial charge in [-0.1, -0.05) is 36.4 Å². The van der Waals surface area contributed by atoms with Crippen molar-refractivity contribution in [3.63, 3.8) is 0 Å². The first kappa shape index (κ1) is 11.3. The Morgan fingerprint density at radius 2 is 2.00 bits per heavy atom. The monoisotopic (exact) mass is 263 g/mol. The van der Waals surface area contributed by atoms with Gasteiger partial charge in [0.1, 0.15) is 0 Å². The summed E-state index contributed by atoms with van der Waals surface area (Å²) >= 11 is 0. The summed E-state index contributed by atoms with van der Waals surface area (Å²) in [5.74, 6) is 0.127. The van der Waals surface area contributed by atoms with Gasteiger partial charge in [-0.2, -0.15) is 0 Å². The minimum Gasteiger partial charge on any atom is -0.472 e. The highest BCUT2D eigenvalue weighted by Crippen LogP contribution is 2.40. The average molecular weight is 263 g/mol. The smallest absolute Gasteiger partial charge is 0.225 e. The summed E-state index contributed by atoms with van der Waals surface area (Å²) in [4.78, 5) is 12.0.